The zero-order valence-electron chi connectivity index (χ0n) is 9.89. The third kappa shape index (κ3) is 3.01. The summed E-state index contributed by atoms with van der Waals surface area (Å²) in [6, 6.07) is 8.92. The van der Waals surface area contributed by atoms with Gasteiger partial charge in [-0.25, -0.2) is 0 Å². The van der Waals surface area contributed by atoms with Gasteiger partial charge < -0.3 is 0 Å². The van der Waals surface area contributed by atoms with Crippen molar-refractivity contribution in [1.82, 2.24) is 0 Å². The summed E-state index contributed by atoms with van der Waals surface area (Å²) in [4.78, 5) is 1.42. The molecule has 2 aromatic rings. The predicted molar refractivity (Wildman–Crippen MR) is 83.1 cm³/mol. The van der Waals surface area contributed by atoms with Gasteiger partial charge >= 0.3 is 0 Å². The van der Waals surface area contributed by atoms with Crippen molar-refractivity contribution in [1.29, 1.82) is 0 Å². The average molecular weight is 374 g/mol. The fraction of sp³-hybridized carbons (Fsp3) is 0.286. The summed E-state index contributed by atoms with van der Waals surface area (Å²) in [5.41, 5.74) is 4.13. The lowest BCUT2D eigenvalue weighted by Crippen LogP contribution is -1.88. The van der Waals surface area contributed by atoms with E-state index in [0.29, 0.717) is 0 Å². The summed E-state index contributed by atoms with van der Waals surface area (Å²) in [6.45, 7) is 4.35. The first-order valence-electron chi connectivity index (χ1n) is 5.63. The van der Waals surface area contributed by atoms with Crippen LogP contribution in [0.2, 0.25) is 0 Å². The Hall–Kier alpha value is -0.120. The van der Waals surface area contributed by atoms with Gasteiger partial charge in [0.05, 0.1) is 3.79 Å². The van der Waals surface area contributed by atoms with Gasteiger partial charge in [-0.3, -0.25) is 0 Å². The Balaban J connectivity index is 2.22. The van der Waals surface area contributed by atoms with Gasteiger partial charge in [-0.05, 0) is 61.9 Å². The minimum Gasteiger partial charge on any atom is -0.131 e. The van der Waals surface area contributed by atoms with E-state index in [-0.39, 0.29) is 0 Å². The molecule has 0 nitrogen and oxygen atoms in total. The Labute approximate surface area is 123 Å². The van der Waals surface area contributed by atoms with Gasteiger partial charge in [-0.2, -0.15) is 0 Å². The van der Waals surface area contributed by atoms with Crippen LogP contribution in [-0.4, -0.2) is 0 Å². The van der Waals surface area contributed by atoms with E-state index in [0.717, 1.165) is 12.8 Å². The normalized spacial score (nSPS) is 10.8. The molecule has 0 aliphatic rings. The molecule has 2 rings (SSSR count). The quantitative estimate of drug-likeness (QED) is 0.643. The zero-order chi connectivity index (χ0) is 12.4. The number of thiophene rings is 1. The lowest BCUT2D eigenvalue weighted by Gasteiger charge is -2.02. The van der Waals surface area contributed by atoms with E-state index in [1.807, 2.05) is 11.3 Å². The molecule has 0 aliphatic carbocycles. The van der Waals surface area contributed by atoms with Gasteiger partial charge in [0.1, 0.15) is 0 Å². The maximum atomic E-state index is 3.60. The maximum absolute atomic E-state index is 3.60. The highest BCUT2D eigenvalue weighted by Gasteiger charge is 2.11. The van der Waals surface area contributed by atoms with Crippen molar-refractivity contribution in [2.24, 2.45) is 0 Å². The summed E-state index contributed by atoms with van der Waals surface area (Å²) < 4.78 is 2.39. The summed E-state index contributed by atoms with van der Waals surface area (Å²) in [5, 5.41) is 0. The zero-order valence-corrected chi connectivity index (χ0v) is 13.9. The topological polar surface area (TPSA) is 0 Å². The molecular weight excluding hydrogens is 360 g/mol. The van der Waals surface area contributed by atoms with Gasteiger partial charge in [0.2, 0.25) is 0 Å². The van der Waals surface area contributed by atoms with Crippen LogP contribution in [0.5, 0.6) is 0 Å². The molecule has 0 fully saturated rings. The lowest BCUT2D eigenvalue weighted by atomic mass is 10.1. The molecule has 17 heavy (non-hydrogen) atoms. The van der Waals surface area contributed by atoms with Crippen molar-refractivity contribution in [2.75, 3.05) is 0 Å². The minimum atomic E-state index is 1.02. The second-order valence-corrected chi connectivity index (χ2v) is 7.30. The fourth-order valence-electron chi connectivity index (χ4n) is 1.75. The molecule has 0 atom stereocenters. The molecular formula is C14H14Br2S. The molecule has 0 N–H and O–H groups in total. The molecule has 0 bridgehead atoms. The third-order valence-corrected chi connectivity index (χ3v) is 6.68. The van der Waals surface area contributed by atoms with Crippen LogP contribution in [0.15, 0.2) is 32.5 Å². The Bertz CT molecular complexity index is 512. The Kier molecular flexibility index (Phi) is 4.45. The van der Waals surface area contributed by atoms with Gasteiger partial charge in [-0.1, -0.05) is 31.2 Å². The summed E-state index contributed by atoms with van der Waals surface area (Å²) in [7, 11) is 0. The van der Waals surface area contributed by atoms with Crippen molar-refractivity contribution in [3.8, 4) is 0 Å². The van der Waals surface area contributed by atoms with Gasteiger partial charge in [0.15, 0.2) is 0 Å². The number of rotatable bonds is 3. The highest BCUT2D eigenvalue weighted by Crippen LogP contribution is 2.37. The second-order valence-electron chi connectivity index (χ2n) is 4.08. The first-order valence-corrected chi connectivity index (χ1v) is 8.03. The molecule has 0 saturated heterocycles. The van der Waals surface area contributed by atoms with E-state index in [9.17, 15) is 0 Å². The van der Waals surface area contributed by atoms with E-state index in [1.54, 1.807) is 0 Å². The van der Waals surface area contributed by atoms with Crippen LogP contribution in [0.3, 0.4) is 0 Å². The fourth-order valence-corrected chi connectivity index (χ4v) is 4.20. The first-order chi connectivity index (χ1) is 8.11. The summed E-state index contributed by atoms with van der Waals surface area (Å²) in [5.74, 6) is 0. The number of hydrogen-bond acceptors (Lipinski definition) is 1. The van der Waals surface area contributed by atoms with Gasteiger partial charge in [0, 0.05) is 15.8 Å². The van der Waals surface area contributed by atoms with Crippen molar-refractivity contribution in [3.63, 3.8) is 0 Å². The Morgan fingerprint density at radius 3 is 2.12 bits per heavy atom. The third-order valence-electron chi connectivity index (χ3n) is 2.93. The molecule has 3 heteroatoms. The number of benzene rings is 1. The summed E-state index contributed by atoms with van der Waals surface area (Å²) >= 11 is 8.99. The van der Waals surface area contributed by atoms with Gasteiger partial charge in [-0.15, -0.1) is 11.3 Å². The SMILES string of the molecule is CCc1ccc(Cc2sc(Br)c(Br)c2C)cc1. The van der Waals surface area contributed by atoms with E-state index >= 15 is 0 Å². The largest absolute Gasteiger partial charge is 0.131 e. The van der Waals surface area contributed by atoms with Crippen molar-refractivity contribution in [3.05, 3.63) is 54.1 Å². The van der Waals surface area contributed by atoms with E-state index < -0.39 is 0 Å². The Morgan fingerprint density at radius 1 is 1.06 bits per heavy atom. The van der Waals surface area contributed by atoms with Crippen LogP contribution in [0.4, 0.5) is 0 Å². The second kappa shape index (κ2) is 5.68. The molecule has 1 heterocycles. The number of hydrogen-bond donors (Lipinski definition) is 0. The van der Waals surface area contributed by atoms with Gasteiger partial charge in [0.25, 0.3) is 0 Å². The van der Waals surface area contributed by atoms with Crippen LogP contribution >= 0.6 is 43.2 Å². The molecule has 0 unspecified atom stereocenters. The van der Waals surface area contributed by atoms with E-state index in [2.05, 4.69) is 70.0 Å². The molecule has 1 aromatic heterocycles. The van der Waals surface area contributed by atoms with E-state index in [4.69, 9.17) is 0 Å². The van der Waals surface area contributed by atoms with Crippen LogP contribution in [0.25, 0.3) is 0 Å². The highest BCUT2D eigenvalue weighted by atomic mass is 79.9. The van der Waals surface area contributed by atoms with Crippen molar-refractivity contribution < 1.29 is 0 Å². The Morgan fingerprint density at radius 2 is 1.65 bits per heavy atom. The van der Waals surface area contributed by atoms with Crippen LogP contribution in [0.1, 0.15) is 28.5 Å². The molecule has 90 valence electrons. The smallest absolute Gasteiger partial charge is 0.0846 e. The van der Waals surface area contributed by atoms with E-state index in [1.165, 1.54) is 29.8 Å². The van der Waals surface area contributed by atoms with Crippen molar-refractivity contribution in [2.45, 2.75) is 26.7 Å². The monoisotopic (exact) mass is 372 g/mol. The number of halogens is 2. The van der Waals surface area contributed by atoms with Crippen LogP contribution in [-0.2, 0) is 12.8 Å². The molecule has 0 amide bonds. The standard InChI is InChI=1S/C14H14Br2S/c1-3-10-4-6-11(7-5-10)8-12-9(2)13(15)14(16)17-12/h4-7H,3,8H2,1-2H3. The highest BCUT2D eigenvalue weighted by molar-refractivity contribution is 9.13. The van der Waals surface area contributed by atoms with Crippen molar-refractivity contribution >= 4 is 43.2 Å². The average Bonchev–Trinajstić information content (AvgIpc) is 2.58. The molecule has 0 saturated carbocycles. The van der Waals surface area contributed by atoms with Crippen LogP contribution in [0, 0.1) is 6.92 Å². The number of aryl methyl sites for hydroxylation is 1. The molecule has 1 aromatic carbocycles. The lowest BCUT2D eigenvalue weighted by molar-refractivity contribution is 1.12. The molecule has 0 spiro atoms. The maximum Gasteiger partial charge on any atom is 0.0846 e. The summed E-state index contributed by atoms with van der Waals surface area (Å²) in [6.07, 6.45) is 2.13. The predicted octanol–water partition coefficient (Wildman–Crippen LogP) is 5.73. The molecule has 0 radical (unpaired) electrons. The minimum absolute atomic E-state index is 1.02. The molecule has 0 aliphatic heterocycles. The van der Waals surface area contributed by atoms with Crippen LogP contribution < -0.4 is 0 Å². The first kappa shape index (κ1) is 13.3.